The highest BCUT2D eigenvalue weighted by molar-refractivity contribution is 9.10. The summed E-state index contributed by atoms with van der Waals surface area (Å²) in [6, 6.07) is 7.94. The molecule has 0 unspecified atom stereocenters. The number of nitrogen functional groups attached to an aromatic ring is 1. The second kappa shape index (κ2) is 4.06. The molecule has 2 rings (SSSR count). The van der Waals surface area contributed by atoms with Crippen molar-refractivity contribution in [2.75, 3.05) is 5.73 Å². The van der Waals surface area contributed by atoms with Gasteiger partial charge < -0.3 is 10.3 Å². The largest absolute Gasteiger partial charge is 0.383 e. The molecule has 0 aliphatic carbocycles. The Morgan fingerprint density at radius 2 is 2.13 bits per heavy atom. The van der Waals surface area contributed by atoms with Gasteiger partial charge >= 0.3 is 0 Å². The van der Waals surface area contributed by atoms with Gasteiger partial charge in [0.25, 0.3) is 0 Å². The minimum atomic E-state index is 0.712. The summed E-state index contributed by atoms with van der Waals surface area (Å²) in [6.07, 6.45) is 1.77. The van der Waals surface area contributed by atoms with Crippen molar-refractivity contribution >= 4 is 21.7 Å². The highest BCUT2D eigenvalue weighted by atomic mass is 79.9. The van der Waals surface area contributed by atoms with E-state index in [4.69, 9.17) is 5.73 Å². The lowest BCUT2D eigenvalue weighted by molar-refractivity contribution is 0.771. The minimum absolute atomic E-state index is 0.712. The number of aromatic nitrogens is 2. The molecule has 0 radical (unpaired) electrons. The number of halogens is 1. The zero-order chi connectivity index (χ0) is 10.8. The number of hydrogen-bond donors (Lipinski definition) is 1. The summed E-state index contributed by atoms with van der Waals surface area (Å²) in [5.41, 5.74) is 7.86. The molecule has 0 saturated heterocycles. The highest BCUT2D eigenvalue weighted by Gasteiger charge is 2.10. The van der Waals surface area contributed by atoms with Crippen LogP contribution in [0.2, 0.25) is 0 Å². The SMILES string of the molecule is CCn1cnc(-c2ccccc2Br)c1N. The minimum Gasteiger partial charge on any atom is -0.383 e. The third-order valence-corrected chi connectivity index (χ3v) is 3.04. The Morgan fingerprint density at radius 1 is 1.40 bits per heavy atom. The van der Waals surface area contributed by atoms with E-state index in [1.807, 2.05) is 35.8 Å². The lowest BCUT2D eigenvalue weighted by Gasteiger charge is -2.03. The Morgan fingerprint density at radius 3 is 2.73 bits per heavy atom. The summed E-state index contributed by atoms with van der Waals surface area (Å²) in [4.78, 5) is 4.33. The van der Waals surface area contributed by atoms with Gasteiger partial charge in [0.15, 0.2) is 0 Å². The third-order valence-electron chi connectivity index (χ3n) is 2.35. The van der Waals surface area contributed by atoms with Gasteiger partial charge in [0.05, 0.1) is 6.33 Å². The molecule has 15 heavy (non-hydrogen) atoms. The molecule has 0 saturated carbocycles. The number of nitrogens with two attached hydrogens (primary N) is 1. The molecule has 2 N–H and O–H groups in total. The Hall–Kier alpha value is -1.29. The van der Waals surface area contributed by atoms with Gasteiger partial charge in [-0.1, -0.05) is 34.1 Å². The van der Waals surface area contributed by atoms with Crippen molar-refractivity contribution < 1.29 is 0 Å². The van der Waals surface area contributed by atoms with Gasteiger partial charge in [-0.2, -0.15) is 0 Å². The maximum Gasteiger partial charge on any atom is 0.131 e. The van der Waals surface area contributed by atoms with E-state index in [0.29, 0.717) is 5.82 Å². The smallest absolute Gasteiger partial charge is 0.131 e. The van der Waals surface area contributed by atoms with Crippen molar-refractivity contribution in [2.24, 2.45) is 0 Å². The zero-order valence-corrected chi connectivity index (χ0v) is 10.0. The van der Waals surface area contributed by atoms with E-state index in [2.05, 4.69) is 20.9 Å². The Bertz CT molecular complexity index is 476. The van der Waals surface area contributed by atoms with Crippen molar-refractivity contribution in [3.05, 3.63) is 35.1 Å². The molecule has 3 nitrogen and oxygen atoms in total. The van der Waals surface area contributed by atoms with Crippen LogP contribution < -0.4 is 5.73 Å². The third kappa shape index (κ3) is 1.77. The fraction of sp³-hybridized carbons (Fsp3) is 0.182. The first-order valence-corrected chi connectivity index (χ1v) is 5.58. The lowest BCUT2D eigenvalue weighted by Crippen LogP contribution is -1.99. The van der Waals surface area contributed by atoms with Crippen LogP contribution in [0.4, 0.5) is 5.82 Å². The van der Waals surface area contributed by atoms with Gasteiger partial charge in [-0.25, -0.2) is 4.98 Å². The van der Waals surface area contributed by atoms with Gasteiger partial charge in [-0.05, 0) is 13.0 Å². The Labute approximate surface area is 97.1 Å². The maximum atomic E-state index is 5.99. The molecule has 78 valence electrons. The van der Waals surface area contributed by atoms with E-state index >= 15 is 0 Å². The molecule has 1 aromatic heterocycles. The van der Waals surface area contributed by atoms with Crippen LogP contribution in [0.1, 0.15) is 6.92 Å². The Kier molecular flexibility index (Phi) is 2.77. The van der Waals surface area contributed by atoms with Crippen molar-refractivity contribution in [2.45, 2.75) is 13.5 Å². The van der Waals surface area contributed by atoms with Gasteiger partial charge in [0.1, 0.15) is 11.5 Å². The highest BCUT2D eigenvalue weighted by Crippen LogP contribution is 2.30. The maximum absolute atomic E-state index is 5.99. The topological polar surface area (TPSA) is 43.8 Å². The summed E-state index contributed by atoms with van der Waals surface area (Å²) >= 11 is 3.49. The lowest BCUT2D eigenvalue weighted by atomic mass is 10.1. The molecule has 0 aliphatic heterocycles. The van der Waals surface area contributed by atoms with Crippen LogP contribution in [0, 0.1) is 0 Å². The van der Waals surface area contributed by atoms with Crippen LogP contribution in [0.5, 0.6) is 0 Å². The quantitative estimate of drug-likeness (QED) is 0.908. The molecular weight excluding hydrogens is 254 g/mol. The van der Waals surface area contributed by atoms with E-state index in [9.17, 15) is 0 Å². The first kappa shape index (κ1) is 10.2. The van der Waals surface area contributed by atoms with Crippen LogP contribution in [0.25, 0.3) is 11.3 Å². The van der Waals surface area contributed by atoms with Gasteiger partial charge in [0, 0.05) is 16.6 Å². The second-order valence-electron chi connectivity index (χ2n) is 3.24. The molecule has 0 aliphatic rings. The second-order valence-corrected chi connectivity index (χ2v) is 4.10. The van der Waals surface area contributed by atoms with Gasteiger partial charge in [-0.15, -0.1) is 0 Å². The van der Waals surface area contributed by atoms with Crippen LogP contribution >= 0.6 is 15.9 Å². The van der Waals surface area contributed by atoms with E-state index in [1.54, 1.807) is 6.33 Å². The fourth-order valence-corrected chi connectivity index (χ4v) is 1.98. The summed E-state index contributed by atoms with van der Waals surface area (Å²) in [5.74, 6) is 0.712. The summed E-state index contributed by atoms with van der Waals surface area (Å²) in [7, 11) is 0. The molecule has 1 heterocycles. The summed E-state index contributed by atoms with van der Waals surface area (Å²) in [6.45, 7) is 2.88. The monoisotopic (exact) mass is 265 g/mol. The van der Waals surface area contributed by atoms with E-state index in [-0.39, 0.29) is 0 Å². The van der Waals surface area contributed by atoms with Crippen LogP contribution in [-0.4, -0.2) is 9.55 Å². The number of imidazole rings is 1. The predicted octanol–water partition coefficient (Wildman–Crippen LogP) is 2.91. The summed E-state index contributed by atoms with van der Waals surface area (Å²) < 4.78 is 2.94. The molecule has 0 spiro atoms. The number of anilines is 1. The van der Waals surface area contributed by atoms with E-state index in [1.165, 1.54) is 0 Å². The van der Waals surface area contributed by atoms with Crippen LogP contribution in [0.3, 0.4) is 0 Å². The van der Waals surface area contributed by atoms with Gasteiger partial charge in [0.2, 0.25) is 0 Å². The predicted molar refractivity (Wildman–Crippen MR) is 65.4 cm³/mol. The van der Waals surface area contributed by atoms with Crippen molar-refractivity contribution in [1.29, 1.82) is 0 Å². The van der Waals surface area contributed by atoms with Crippen molar-refractivity contribution in [3.8, 4) is 11.3 Å². The summed E-state index contributed by atoms with van der Waals surface area (Å²) in [5, 5.41) is 0. The van der Waals surface area contributed by atoms with Crippen molar-refractivity contribution in [1.82, 2.24) is 9.55 Å². The fourth-order valence-electron chi connectivity index (χ4n) is 1.50. The van der Waals surface area contributed by atoms with E-state index in [0.717, 1.165) is 22.3 Å². The number of hydrogen-bond acceptors (Lipinski definition) is 2. The number of rotatable bonds is 2. The zero-order valence-electron chi connectivity index (χ0n) is 8.44. The first-order valence-electron chi connectivity index (χ1n) is 4.79. The molecule has 2 aromatic rings. The number of aryl methyl sites for hydroxylation is 1. The Balaban J connectivity index is 2.55. The van der Waals surface area contributed by atoms with Crippen LogP contribution in [-0.2, 0) is 6.54 Å². The molecule has 0 bridgehead atoms. The van der Waals surface area contributed by atoms with Crippen LogP contribution in [0.15, 0.2) is 35.1 Å². The average Bonchev–Trinajstić information content (AvgIpc) is 2.60. The number of nitrogens with zero attached hydrogens (tertiary/aromatic N) is 2. The molecule has 1 aromatic carbocycles. The number of benzene rings is 1. The van der Waals surface area contributed by atoms with Crippen molar-refractivity contribution in [3.63, 3.8) is 0 Å². The average molecular weight is 266 g/mol. The van der Waals surface area contributed by atoms with E-state index < -0.39 is 0 Å². The normalized spacial score (nSPS) is 10.5. The van der Waals surface area contributed by atoms with Gasteiger partial charge in [-0.3, -0.25) is 0 Å². The standard InChI is InChI=1S/C11H12BrN3/c1-2-15-7-14-10(11(15)13)8-5-3-4-6-9(8)12/h3-7H,2,13H2,1H3. The molecule has 0 amide bonds. The molecular formula is C11H12BrN3. The molecule has 0 atom stereocenters. The first-order chi connectivity index (χ1) is 7.24. The molecule has 0 fully saturated rings. The molecule has 4 heteroatoms.